The minimum atomic E-state index is 0.837. The summed E-state index contributed by atoms with van der Waals surface area (Å²) >= 11 is 0. The number of hydrogen-bond acceptors (Lipinski definition) is 2. The van der Waals surface area contributed by atoms with Crippen molar-refractivity contribution in [1.82, 2.24) is 4.90 Å². The molecule has 2 saturated carbocycles. The quantitative estimate of drug-likeness (QED) is 0.797. The standard InChI is InChI=1S/C15H30N2/c1-2-13-6-5-9-15(12-13)17(11-10-16)14-7-3-4-8-14/h13-15H,2-12,16H2,1H3. The Bertz CT molecular complexity index is 211. The van der Waals surface area contributed by atoms with Gasteiger partial charge in [-0.2, -0.15) is 0 Å². The number of nitrogens with two attached hydrogens (primary N) is 1. The zero-order valence-electron chi connectivity index (χ0n) is 11.5. The number of rotatable bonds is 5. The van der Waals surface area contributed by atoms with Gasteiger partial charge in [0.25, 0.3) is 0 Å². The van der Waals surface area contributed by atoms with Crippen LogP contribution in [0.25, 0.3) is 0 Å². The van der Waals surface area contributed by atoms with Crippen molar-refractivity contribution in [3.8, 4) is 0 Å². The van der Waals surface area contributed by atoms with Crippen molar-refractivity contribution in [1.29, 1.82) is 0 Å². The van der Waals surface area contributed by atoms with E-state index in [0.717, 1.165) is 31.1 Å². The van der Waals surface area contributed by atoms with Crippen LogP contribution in [0.4, 0.5) is 0 Å². The maximum absolute atomic E-state index is 5.83. The van der Waals surface area contributed by atoms with Gasteiger partial charge in [0.15, 0.2) is 0 Å². The highest BCUT2D eigenvalue weighted by molar-refractivity contribution is 4.86. The van der Waals surface area contributed by atoms with Crippen molar-refractivity contribution in [2.75, 3.05) is 13.1 Å². The van der Waals surface area contributed by atoms with Gasteiger partial charge in [-0.1, -0.05) is 39.0 Å². The minimum absolute atomic E-state index is 0.837. The van der Waals surface area contributed by atoms with Crippen LogP contribution in [-0.4, -0.2) is 30.1 Å². The third-order valence-electron chi connectivity index (χ3n) is 4.98. The van der Waals surface area contributed by atoms with Crippen LogP contribution in [0, 0.1) is 5.92 Å². The van der Waals surface area contributed by atoms with Crippen LogP contribution in [0.1, 0.15) is 64.7 Å². The number of hydrogen-bond donors (Lipinski definition) is 1. The molecule has 2 N–H and O–H groups in total. The zero-order chi connectivity index (χ0) is 12.1. The summed E-state index contributed by atoms with van der Waals surface area (Å²) in [6, 6.07) is 1.71. The molecule has 0 aromatic carbocycles. The molecule has 2 atom stereocenters. The van der Waals surface area contributed by atoms with Crippen LogP contribution in [-0.2, 0) is 0 Å². The van der Waals surface area contributed by atoms with Gasteiger partial charge in [-0.05, 0) is 31.6 Å². The second kappa shape index (κ2) is 6.75. The monoisotopic (exact) mass is 238 g/mol. The van der Waals surface area contributed by atoms with Crippen molar-refractivity contribution < 1.29 is 0 Å². The Morgan fingerprint density at radius 1 is 1.00 bits per heavy atom. The summed E-state index contributed by atoms with van der Waals surface area (Å²) in [6.45, 7) is 4.32. The molecule has 100 valence electrons. The summed E-state index contributed by atoms with van der Waals surface area (Å²) in [5, 5.41) is 0. The van der Waals surface area contributed by atoms with E-state index in [1.807, 2.05) is 0 Å². The van der Waals surface area contributed by atoms with Gasteiger partial charge in [-0.15, -0.1) is 0 Å². The summed E-state index contributed by atoms with van der Waals surface area (Å²) in [6.07, 6.45) is 12.9. The molecule has 0 radical (unpaired) electrons. The Morgan fingerprint density at radius 3 is 2.35 bits per heavy atom. The molecule has 2 aliphatic rings. The molecule has 2 fully saturated rings. The summed E-state index contributed by atoms with van der Waals surface area (Å²) in [5.41, 5.74) is 5.83. The van der Waals surface area contributed by atoms with Crippen LogP contribution >= 0.6 is 0 Å². The molecular formula is C15H30N2. The van der Waals surface area contributed by atoms with E-state index in [-0.39, 0.29) is 0 Å². The molecule has 2 rings (SSSR count). The molecule has 0 aromatic rings. The first-order valence-corrected chi connectivity index (χ1v) is 7.81. The van der Waals surface area contributed by atoms with E-state index < -0.39 is 0 Å². The van der Waals surface area contributed by atoms with Gasteiger partial charge in [0.2, 0.25) is 0 Å². The summed E-state index contributed by atoms with van der Waals surface area (Å²) in [5.74, 6) is 0.982. The predicted molar refractivity (Wildman–Crippen MR) is 74.1 cm³/mol. The average molecular weight is 238 g/mol. The first-order valence-electron chi connectivity index (χ1n) is 7.81. The SMILES string of the molecule is CCC1CCCC(N(CCN)C2CCCC2)C1. The molecule has 2 aliphatic carbocycles. The lowest BCUT2D eigenvalue weighted by molar-refractivity contribution is 0.0893. The van der Waals surface area contributed by atoms with Crippen LogP contribution in [0.5, 0.6) is 0 Å². The normalized spacial score (nSPS) is 31.2. The van der Waals surface area contributed by atoms with E-state index in [1.165, 1.54) is 57.8 Å². The van der Waals surface area contributed by atoms with Crippen LogP contribution in [0.3, 0.4) is 0 Å². The Labute approximate surface area is 107 Å². The topological polar surface area (TPSA) is 29.3 Å². The Hall–Kier alpha value is -0.0800. The van der Waals surface area contributed by atoms with Crippen molar-refractivity contribution in [3.05, 3.63) is 0 Å². The van der Waals surface area contributed by atoms with Crippen molar-refractivity contribution in [2.24, 2.45) is 11.7 Å². The Kier molecular flexibility index (Phi) is 5.30. The molecule has 17 heavy (non-hydrogen) atoms. The number of nitrogens with zero attached hydrogens (tertiary/aromatic N) is 1. The van der Waals surface area contributed by atoms with Crippen LogP contribution in [0.2, 0.25) is 0 Å². The van der Waals surface area contributed by atoms with E-state index in [0.29, 0.717) is 0 Å². The highest BCUT2D eigenvalue weighted by Crippen LogP contribution is 2.33. The summed E-state index contributed by atoms with van der Waals surface area (Å²) < 4.78 is 0. The van der Waals surface area contributed by atoms with Crippen molar-refractivity contribution >= 4 is 0 Å². The molecule has 0 amide bonds. The lowest BCUT2D eigenvalue weighted by Crippen LogP contribution is -2.46. The molecule has 0 bridgehead atoms. The van der Waals surface area contributed by atoms with E-state index in [2.05, 4.69) is 11.8 Å². The molecule has 0 aliphatic heterocycles. The van der Waals surface area contributed by atoms with E-state index in [1.54, 1.807) is 0 Å². The van der Waals surface area contributed by atoms with Crippen LogP contribution < -0.4 is 5.73 Å². The Balaban J connectivity index is 1.93. The molecule has 0 aromatic heterocycles. The van der Waals surface area contributed by atoms with Gasteiger partial charge in [0.05, 0.1) is 0 Å². The predicted octanol–water partition coefficient (Wildman–Crippen LogP) is 3.16. The first kappa shape index (κ1) is 13.4. The van der Waals surface area contributed by atoms with Crippen LogP contribution in [0.15, 0.2) is 0 Å². The molecule has 0 spiro atoms. The summed E-state index contributed by atoms with van der Waals surface area (Å²) in [7, 11) is 0. The van der Waals surface area contributed by atoms with Crippen molar-refractivity contribution in [2.45, 2.75) is 76.8 Å². The third kappa shape index (κ3) is 3.45. The van der Waals surface area contributed by atoms with Crippen molar-refractivity contribution in [3.63, 3.8) is 0 Å². The fraction of sp³-hybridized carbons (Fsp3) is 1.00. The third-order valence-corrected chi connectivity index (χ3v) is 4.98. The lowest BCUT2D eigenvalue weighted by Gasteiger charge is -2.40. The first-order chi connectivity index (χ1) is 8.35. The van der Waals surface area contributed by atoms with E-state index >= 15 is 0 Å². The van der Waals surface area contributed by atoms with E-state index in [9.17, 15) is 0 Å². The maximum Gasteiger partial charge on any atom is 0.0110 e. The highest BCUT2D eigenvalue weighted by atomic mass is 15.2. The molecule has 0 saturated heterocycles. The average Bonchev–Trinajstić information content (AvgIpc) is 2.89. The summed E-state index contributed by atoms with van der Waals surface area (Å²) in [4.78, 5) is 2.79. The molecular weight excluding hydrogens is 208 g/mol. The molecule has 2 heteroatoms. The maximum atomic E-state index is 5.83. The van der Waals surface area contributed by atoms with Gasteiger partial charge in [0, 0.05) is 25.2 Å². The van der Waals surface area contributed by atoms with E-state index in [4.69, 9.17) is 5.73 Å². The molecule has 2 unspecified atom stereocenters. The molecule has 0 heterocycles. The largest absolute Gasteiger partial charge is 0.329 e. The van der Waals surface area contributed by atoms with Gasteiger partial charge in [0.1, 0.15) is 0 Å². The second-order valence-electron chi connectivity index (χ2n) is 6.06. The minimum Gasteiger partial charge on any atom is -0.329 e. The zero-order valence-corrected chi connectivity index (χ0v) is 11.5. The van der Waals surface area contributed by atoms with Gasteiger partial charge in [-0.3, -0.25) is 4.90 Å². The fourth-order valence-electron chi connectivity index (χ4n) is 3.98. The van der Waals surface area contributed by atoms with Gasteiger partial charge >= 0.3 is 0 Å². The van der Waals surface area contributed by atoms with Gasteiger partial charge < -0.3 is 5.73 Å². The lowest BCUT2D eigenvalue weighted by atomic mass is 9.83. The highest BCUT2D eigenvalue weighted by Gasteiger charge is 2.31. The van der Waals surface area contributed by atoms with Gasteiger partial charge in [-0.25, -0.2) is 0 Å². The Morgan fingerprint density at radius 2 is 1.71 bits per heavy atom. The molecule has 2 nitrogen and oxygen atoms in total. The smallest absolute Gasteiger partial charge is 0.0110 e. The fourth-order valence-corrected chi connectivity index (χ4v) is 3.98. The second-order valence-corrected chi connectivity index (χ2v) is 6.06.